The summed E-state index contributed by atoms with van der Waals surface area (Å²) in [6.07, 6.45) is 0.778. The van der Waals surface area contributed by atoms with Gasteiger partial charge in [-0.3, -0.25) is 0 Å². The Morgan fingerprint density at radius 2 is 2.09 bits per heavy atom. The first-order chi connectivity index (χ1) is 11.1. The number of ether oxygens (including phenoxy) is 2. The van der Waals surface area contributed by atoms with Crippen molar-refractivity contribution in [1.29, 1.82) is 0 Å². The summed E-state index contributed by atoms with van der Waals surface area (Å²) in [6, 6.07) is 7.14. The summed E-state index contributed by atoms with van der Waals surface area (Å²) >= 11 is 0. The van der Waals surface area contributed by atoms with E-state index < -0.39 is 9.84 Å². The van der Waals surface area contributed by atoms with Crippen molar-refractivity contribution in [1.82, 2.24) is 10.1 Å². The van der Waals surface area contributed by atoms with E-state index in [2.05, 4.69) is 10.1 Å². The minimum Gasteiger partial charge on any atom is -0.497 e. The first kappa shape index (κ1) is 15.9. The zero-order chi connectivity index (χ0) is 16.3. The second-order valence-electron chi connectivity index (χ2n) is 5.52. The molecule has 2 heterocycles. The van der Waals surface area contributed by atoms with Gasteiger partial charge in [0, 0.05) is 12.2 Å². The summed E-state index contributed by atoms with van der Waals surface area (Å²) in [5.41, 5.74) is 0.738. The third kappa shape index (κ3) is 4.08. The standard InChI is InChI=1S/C15H18N2O5S/c1-20-13-4-2-12(3-5-13)15-16-14(22-17-15)10-23(18,19)9-11-6-7-21-8-11/h2-5,11H,6-10H2,1H3/t11-/m0/s1. The van der Waals surface area contributed by atoms with Crippen molar-refractivity contribution in [2.45, 2.75) is 12.2 Å². The normalized spacial score (nSPS) is 18.2. The van der Waals surface area contributed by atoms with Crippen LogP contribution in [0.5, 0.6) is 5.75 Å². The molecular formula is C15H18N2O5S. The highest BCUT2D eigenvalue weighted by Crippen LogP contribution is 2.21. The number of nitrogens with zero attached hydrogens (tertiary/aromatic N) is 2. The van der Waals surface area contributed by atoms with E-state index in [9.17, 15) is 8.42 Å². The van der Waals surface area contributed by atoms with Gasteiger partial charge < -0.3 is 14.0 Å². The molecule has 0 radical (unpaired) electrons. The van der Waals surface area contributed by atoms with Gasteiger partial charge in [0.15, 0.2) is 9.84 Å². The molecule has 1 saturated heterocycles. The Labute approximate surface area is 134 Å². The number of sulfone groups is 1. The molecule has 0 N–H and O–H groups in total. The molecule has 1 aromatic heterocycles. The molecule has 0 amide bonds. The van der Waals surface area contributed by atoms with Crippen molar-refractivity contribution in [3.63, 3.8) is 0 Å². The minimum absolute atomic E-state index is 0.0592. The molecule has 0 unspecified atom stereocenters. The van der Waals surface area contributed by atoms with Crippen LogP contribution < -0.4 is 4.74 Å². The number of hydrogen-bond donors (Lipinski definition) is 0. The zero-order valence-electron chi connectivity index (χ0n) is 12.8. The fraction of sp³-hybridized carbons (Fsp3) is 0.467. The molecule has 1 aliphatic rings. The Morgan fingerprint density at radius 1 is 1.30 bits per heavy atom. The number of rotatable bonds is 6. The highest BCUT2D eigenvalue weighted by atomic mass is 32.2. The van der Waals surface area contributed by atoms with Gasteiger partial charge in [0.05, 0.1) is 19.5 Å². The number of methoxy groups -OCH3 is 1. The van der Waals surface area contributed by atoms with Gasteiger partial charge in [0.25, 0.3) is 0 Å². The molecule has 0 spiro atoms. The van der Waals surface area contributed by atoms with Crippen LogP contribution in [0.15, 0.2) is 28.8 Å². The first-order valence-electron chi connectivity index (χ1n) is 7.31. The summed E-state index contributed by atoms with van der Waals surface area (Å²) in [5.74, 6) is 1.10. The number of hydrogen-bond acceptors (Lipinski definition) is 7. The maximum atomic E-state index is 12.2. The lowest BCUT2D eigenvalue weighted by Crippen LogP contribution is -2.18. The maximum Gasteiger partial charge on any atom is 0.242 e. The molecule has 1 fully saturated rings. The van der Waals surface area contributed by atoms with E-state index >= 15 is 0 Å². The summed E-state index contributed by atoms with van der Waals surface area (Å²) in [6.45, 7) is 1.13. The van der Waals surface area contributed by atoms with Gasteiger partial charge in [0.1, 0.15) is 11.5 Å². The van der Waals surface area contributed by atoms with E-state index in [0.717, 1.165) is 17.7 Å². The van der Waals surface area contributed by atoms with Crippen LogP contribution in [0.2, 0.25) is 0 Å². The van der Waals surface area contributed by atoms with Crippen molar-refractivity contribution in [3.05, 3.63) is 30.2 Å². The van der Waals surface area contributed by atoms with Gasteiger partial charge >= 0.3 is 0 Å². The molecule has 8 heteroatoms. The Hall–Kier alpha value is -1.93. The number of aromatic nitrogens is 2. The Bertz CT molecular complexity index is 748. The molecule has 2 aromatic rings. The molecule has 1 aromatic carbocycles. The highest BCUT2D eigenvalue weighted by Gasteiger charge is 2.25. The molecule has 1 aliphatic heterocycles. The molecule has 124 valence electrons. The van der Waals surface area contributed by atoms with E-state index in [-0.39, 0.29) is 23.3 Å². The Morgan fingerprint density at radius 3 is 2.74 bits per heavy atom. The number of benzene rings is 1. The van der Waals surface area contributed by atoms with Crippen LogP contribution in [0.4, 0.5) is 0 Å². The first-order valence-corrected chi connectivity index (χ1v) is 9.13. The minimum atomic E-state index is -3.29. The monoisotopic (exact) mass is 338 g/mol. The van der Waals surface area contributed by atoms with Gasteiger partial charge in [-0.15, -0.1) is 0 Å². The lowest BCUT2D eigenvalue weighted by molar-refractivity contribution is 0.188. The van der Waals surface area contributed by atoms with Crippen LogP contribution in [0.25, 0.3) is 11.4 Å². The van der Waals surface area contributed by atoms with Gasteiger partial charge in [0.2, 0.25) is 11.7 Å². The third-order valence-electron chi connectivity index (χ3n) is 3.67. The molecule has 0 bridgehead atoms. The van der Waals surface area contributed by atoms with Crippen LogP contribution in [0, 0.1) is 5.92 Å². The lowest BCUT2D eigenvalue weighted by Gasteiger charge is -2.06. The van der Waals surface area contributed by atoms with Crippen molar-refractivity contribution in [2.24, 2.45) is 5.92 Å². The maximum absolute atomic E-state index is 12.2. The van der Waals surface area contributed by atoms with E-state index in [0.29, 0.717) is 19.0 Å². The van der Waals surface area contributed by atoms with Crippen LogP contribution in [0.3, 0.4) is 0 Å². The van der Waals surface area contributed by atoms with Crippen molar-refractivity contribution in [2.75, 3.05) is 26.1 Å². The predicted molar refractivity (Wildman–Crippen MR) is 82.7 cm³/mol. The lowest BCUT2D eigenvalue weighted by atomic mass is 10.2. The molecule has 3 rings (SSSR count). The van der Waals surface area contributed by atoms with Crippen LogP contribution >= 0.6 is 0 Å². The summed E-state index contributed by atoms with van der Waals surface area (Å²) < 4.78 is 39.7. The Balaban J connectivity index is 1.68. The summed E-state index contributed by atoms with van der Waals surface area (Å²) in [5, 5.41) is 3.84. The van der Waals surface area contributed by atoms with Crippen molar-refractivity contribution in [3.8, 4) is 17.1 Å². The average Bonchev–Trinajstić information content (AvgIpc) is 3.18. The van der Waals surface area contributed by atoms with E-state index in [1.54, 1.807) is 31.4 Å². The van der Waals surface area contributed by atoms with Gasteiger partial charge in [-0.05, 0) is 36.6 Å². The van der Waals surface area contributed by atoms with Crippen LogP contribution in [0.1, 0.15) is 12.3 Å². The Kier molecular flexibility index (Phi) is 4.63. The van der Waals surface area contributed by atoms with Crippen LogP contribution in [-0.4, -0.2) is 44.6 Å². The largest absolute Gasteiger partial charge is 0.497 e. The molecular weight excluding hydrogens is 320 g/mol. The van der Waals surface area contributed by atoms with E-state index in [1.165, 1.54) is 0 Å². The fourth-order valence-electron chi connectivity index (χ4n) is 2.49. The molecule has 0 saturated carbocycles. The topological polar surface area (TPSA) is 91.5 Å². The van der Waals surface area contributed by atoms with Gasteiger partial charge in [-0.25, -0.2) is 8.42 Å². The highest BCUT2D eigenvalue weighted by molar-refractivity contribution is 7.90. The van der Waals surface area contributed by atoms with Crippen LogP contribution in [-0.2, 0) is 20.3 Å². The average molecular weight is 338 g/mol. The second kappa shape index (κ2) is 6.67. The second-order valence-corrected chi connectivity index (χ2v) is 7.63. The molecule has 7 nitrogen and oxygen atoms in total. The van der Waals surface area contributed by atoms with Crippen molar-refractivity contribution >= 4 is 9.84 Å². The van der Waals surface area contributed by atoms with E-state index in [4.69, 9.17) is 14.0 Å². The molecule has 0 aliphatic carbocycles. The fourth-order valence-corrected chi connectivity index (χ4v) is 4.08. The predicted octanol–water partition coefficient (Wildman–Crippen LogP) is 1.70. The third-order valence-corrected chi connectivity index (χ3v) is 5.34. The van der Waals surface area contributed by atoms with Crippen molar-refractivity contribution < 1.29 is 22.4 Å². The summed E-state index contributed by atoms with van der Waals surface area (Å²) in [7, 11) is -1.71. The SMILES string of the molecule is COc1ccc(-c2noc(CS(=O)(=O)C[C@H]3CCOC3)n2)cc1. The van der Waals surface area contributed by atoms with Gasteiger partial charge in [-0.2, -0.15) is 4.98 Å². The molecule has 1 atom stereocenters. The quantitative estimate of drug-likeness (QED) is 0.791. The zero-order valence-corrected chi connectivity index (χ0v) is 13.6. The van der Waals surface area contributed by atoms with Gasteiger partial charge in [-0.1, -0.05) is 5.16 Å². The summed E-state index contributed by atoms with van der Waals surface area (Å²) in [4.78, 5) is 4.17. The van der Waals surface area contributed by atoms with E-state index in [1.807, 2.05) is 0 Å². The smallest absolute Gasteiger partial charge is 0.242 e. The molecule has 23 heavy (non-hydrogen) atoms.